The van der Waals surface area contributed by atoms with Gasteiger partial charge in [-0.1, -0.05) is 12.1 Å². The number of ether oxygens (including phenoxy) is 1. The van der Waals surface area contributed by atoms with Crippen LogP contribution in [0.4, 0.5) is 5.82 Å². The fourth-order valence-corrected chi connectivity index (χ4v) is 4.43. The van der Waals surface area contributed by atoms with Crippen molar-refractivity contribution in [1.82, 2.24) is 14.9 Å². The molecule has 136 valence electrons. The Kier molecular flexibility index (Phi) is 5.04. The summed E-state index contributed by atoms with van der Waals surface area (Å²) in [7, 11) is 1.70. The Balaban J connectivity index is 1.35. The van der Waals surface area contributed by atoms with Crippen LogP contribution in [0.3, 0.4) is 0 Å². The first-order chi connectivity index (χ1) is 12.7. The zero-order valence-electron chi connectivity index (χ0n) is 15.2. The summed E-state index contributed by atoms with van der Waals surface area (Å²) in [5, 5.41) is 7.00. The van der Waals surface area contributed by atoms with Crippen LogP contribution >= 0.6 is 11.3 Å². The van der Waals surface area contributed by atoms with Crippen LogP contribution in [-0.4, -0.2) is 41.1 Å². The monoisotopic (exact) mass is 368 g/mol. The lowest BCUT2D eigenvalue weighted by atomic mass is 10.0. The van der Waals surface area contributed by atoms with E-state index in [1.807, 2.05) is 12.1 Å². The second kappa shape index (κ2) is 7.60. The zero-order valence-corrected chi connectivity index (χ0v) is 16.1. The number of thiophene rings is 1. The Morgan fingerprint density at radius 3 is 2.69 bits per heavy atom. The van der Waals surface area contributed by atoms with Crippen LogP contribution in [0.15, 0.2) is 36.0 Å². The molecule has 5 nitrogen and oxygen atoms in total. The lowest BCUT2D eigenvalue weighted by molar-refractivity contribution is 0.211. The molecule has 0 amide bonds. The first kappa shape index (κ1) is 17.2. The lowest BCUT2D eigenvalue weighted by Gasteiger charge is -2.32. The van der Waals surface area contributed by atoms with Crippen LogP contribution in [-0.2, 0) is 6.54 Å². The molecule has 4 rings (SSSR count). The smallest absolute Gasteiger partial charge is 0.138 e. The van der Waals surface area contributed by atoms with Crippen molar-refractivity contribution in [3.63, 3.8) is 0 Å². The molecule has 1 fully saturated rings. The van der Waals surface area contributed by atoms with E-state index in [1.165, 1.54) is 16.5 Å². The zero-order chi connectivity index (χ0) is 17.9. The number of hydrogen-bond acceptors (Lipinski definition) is 6. The molecule has 0 saturated carbocycles. The molecule has 3 heterocycles. The highest BCUT2D eigenvalue weighted by molar-refractivity contribution is 7.17. The minimum Gasteiger partial charge on any atom is -0.497 e. The van der Waals surface area contributed by atoms with Gasteiger partial charge in [0, 0.05) is 25.7 Å². The molecule has 0 bridgehead atoms. The molecular formula is C20H24N4OS. The molecule has 0 spiro atoms. The summed E-state index contributed by atoms with van der Waals surface area (Å²) in [6.45, 7) is 5.32. The number of aryl methyl sites for hydroxylation is 1. The van der Waals surface area contributed by atoms with Crippen molar-refractivity contribution >= 4 is 27.4 Å². The van der Waals surface area contributed by atoms with E-state index in [4.69, 9.17) is 4.74 Å². The van der Waals surface area contributed by atoms with Gasteiger partial charge in [0.15, 0.2) is 0 Å². The van der Waals surface area contributed by atoms with Gasteiger partial charge in [0.25, 0.3) is 0 Å². The van der Waals surface area contributed by atoms with E-state index in [0.717, 1.165) is 48.9 Å². The molecular weight excluding hydrogens is 344 g/mol. The number of methoxy groups -OCH3 is 1. The molecule has 0 radical (unpaired) electrons. The van der Waals surface area contributed by atoms with Crippen LogP contribution in [0.1, 0.15) is 24.0 Å². The maximum Gasteiger partial charge on any atom is 0.138 e. The quantitative estimate of drug-likeness (QED) is 0.735. The predicted molar refractivity (Wildman–Crippen MR) is 107 cm³/mol. The first-order valence-electron chi connectivity index (χ1n) is 9.03. The molecule has 1 aliphatic rings. The van der Waals surface area contributed by atoms with Crippen LogP contribution in [0.5, 0.6) is 5.75 Å². The van der Waals surface area contributed by atoms with Crippen molar-refractivity contribution < 1.29 is 4.74 Å². The molecule has 1 N–H and O–H groups in total. The standard InChI is InChI=1S/C20H24N4OS/c1-14-12-26-20-18(14)19(21-13-22-20)23-16-7-9-24(10-8-16)11-15-3-5-17(25-2)6-4-15/h3-6,12-13,16H,7-11H2,1-2H3,(H,21,22,23). The third kappa shape index (κ3) is 3.66. The van der Waals surface area contributed by atoms with E-state index in [9.17, 15) is 0 Å². The fourth-order valence-electron chi connectivity index (χ4n) is 3.54. The van der Waals surface area contributed by atoms with Crippen LogP contribution in [0.2, 0.25) is 0 Å². The second-order valence-corrected chi connectivity index (χ2v) is 7.72. The molecule has 0 unspecified atom stereocenters. The summed E-state index contributed by atoms with van der Waals surface area (Å²) in [5.41, 5.74) is 2.59. The van der Waals surface area contributed by atoms with Crippen molar-refractivity contribution in [1.29, 1.82) is 0 Å². The highest BCUT2D eigenvalue weighted by Crippen LogP contribution is 2.29. The third-order valence-electron chi connectivity index (χ3n) is 5.05. The highest BCUT2D eigenvalue weighted by Gasteiger charge is 2.20. The predicted octanol–water partition coefficient (Wildman–Crippen LogP) is 4.08. The van der Waals surface area contributed by atoms with Crippen molar-refractivity contribution in [2.24, 2.45) is 0 Å². The number of benzene rings is 1. The van der Waals surface area contributed by atoms with Gasteiger partial charge < -0.3 is 10.1 Å². The summed E-state index contributed by atoms with van der Waals surface area (Å²) in [6.07, 6.45) is 3.93. The number of anilines is 1. The average Bonchev–Trinajstić information content (AvgIpc) is 3.06. The minimum atomic E-state index is 0.472. The molecule has 0 aliphatic carbocycles. The van der Waals surface area contributed by atoms with Gasteiger partial charge in [-0.2, -0.15) is 0 Å². The average molecular weight is 369 g/mol. The number of nitrogens with one attached hydrogen (secondary N) is 1. The van der Waals surface area contributed by atoms with Crippen molar-refractivity contribution in [2.75, 3.05) is 25.5 Å². The van der Waals surface area contributed by atoms with Gasteiger partial charge in [-0.3, -0.25) is 4.90 Å². The fraction of sp³-hybridized carbons (Fsp3) is 0.400. The number of nitrogens with zero attached hydrogens (tertiary/aromatic N) is 3. The molecule has 26 heavy (non-hydrogen) atoms. The van der Waals surface area contributed by atoms with Gasteiger partial charge in [0.1, 0.15) is 22.7 Å². The van der Waals surface area contributed by atoms with Gasteiger partial charge in [-0.25, -0.2) is 9.97 Å². The van der Waals surface area contributed by atoms with Crippen LogP contribution in [0.25, 0.3) is 10.2 Å². The largest absolute Gasteiger partial charge is 0.497 e. The Morgan fingerprint density at radius 2 is 1.96 bits per heavy atom. The van der Waals surface area contributed by atoms with Crippen molar-refractivity contribution in [2.45, 2.75) is 32.4 Å². The van der Waals surface area contributed by atoms with Gasteiger partial charge in [-0.15, -0.1) is 11.3 Å². The van der Waals surface area contributed by atoms with E-state index in [2.05, 4.69) is 44.6 Å². The Hall–Kier alpha value is -2.18. The Labute approximate surface area is 158 Å². The van der Waals surface area contributed by atoms with Gasteiger partial charge >= 0.3 is 0 Å². The minimum absolute atomic E-state index is 0.472. The summed E-state index contributed by atoms with van der Waals surface area (Å²) < 4.78 is 5.23. The number of likely N-dealkylation sites (tertiary alicyclic amines) is 1. The third-order valence-corrected chi connectivity index (χ3v) is 6.05. The molecule has 1 aromatic carbocycles. The van der Waals surface area contributed by atoms with Gasteiger partial charge in [-0.05, 0) is 48.4 Å². The Bertz CT molecular complexity index is 869. The number of hydrogen-bond donors (Lipinski definition) is 1. The van der Waals surface area contributed by atoms with Crippen molar-refractivity contribution in [3.05, 3.63) is 47.1 Å². The summed E-state index contributed by atoms with van der Waals surface area (Å²) in [4.78, 5) is 12.5. The van der Waals surface area contributed by atoms with E-state index in [-0.39, 0.29) is 0 Å². The molecule has 1 aliphatic heterocycles. The molecule has 0 atom stereocenters. The molecule has 1 saturated heterocycles. The Morgan fingerprint density at radius 1 is 1.19 bits per heavy atom. The summed E-state index contributed by atoms with van der Waals surface area (Å²) in [6, 6.07) is 8.85. The van der Waals surface area contributed by atoms with E-state index in [0.29, 0.717) is 6.04 Å². The van der Waals surface area contributed by atoms with E-state index < -0.39 is 0 Å². The van der Waals surface area contributed by atoms with Crippen LogP contribution < -0.4 is 10.1 Å². The van der Waals surface area contributed by atoms with E-state index >= 15 is 0 Å². The number of aromatic nitrogens is 2. The maximum absolute atomic E-state index is 5.23. The maximum atomic E-state index is 5.23. The molecule has 2 aromatic heterocycles. The summed E-state index contributed by atoms with van der Waals surface area (Å²) in [5.74, 6) is 1.90. The van der Waals surface area contributed by atoms with Gasteiger partial charge in [0.2, 0.25) is 0 Å². The van der Waals surface area contributed by atoms with Gasteiger partial charge in [0.05, 0.1) is 12.5 Å². The number of fused-ring (bicyclic) bond motifs is 1. The normalized spacial score (nSPS) is 16.1. The van der Waals surface area contributed by atoms with E-state index in [1.54, 1.807) is 24.8 Å². The summed E-state index contributed by atoms with van der Waals surface area (Å²) >= 11 is 1.69. The second-order valence-electron chi connectivity index (χ2n) is 6.86. The van der Waals surface area contributed by atoms with Crippen LogP contribution in [0, 0.1) is 6.92 Å². The topological polar surface area (TPSA) is 50.3 Å². The number of piperidine rings is 1. The van der Waals surface area contributed by atoms with Crippen molar-refractivity contribution in [3.8, 4) is 5.75 Å². The molecule has 3 aromatic rings. The SMILES string of the molecule is COc1ccc(CN2CCC(Nc3ncnc4scc(C)c34)CC2)cc1. The highest BCUT2D eigenvalue weighted by atomic mass is 32.1. The molecule has 6 heteroatoms. The first-order valence-corrected chi connectivity index (χ1v) is 9.91. The number of rotatable bonds is 5. The lowest BCUT2D eigenvalue weighted by Crippen LogP contribution is -2.38.